The van der Waals surface area contributed by atoms with Crippen molar-refractivity contribution in [3.8, 4) is 0 Å². The highest BCUT2D eigenvalue weighted by molar-refractivity contribution is 6.66. The first-order valence-corrected chi connectivity index (χ1v) is 6.25. The summed E-state index contributed by atoms with van der Waals surface area (Å²) in [5, 5.41) is -0.466. The van der Waals surface area contributed by atoms with Gasteiger partial charge in [-0.1, -0.05) is 12.1 Å². The van der Waals surface area contributed by atoms with E-state index in [4.69, 9.17) is 11.6 Å². The summed E-state index contributed by atoms with van der Waals surface area (Å²) < 4.78 is 0. The normalized spacial score (nSPS) is 14.2. The molecule has 0 N–H and O–H groups in total. The van der Waals surface area contributed by atoms with E-state index in [0.29, 0.717) is 13.1 Å². The van der Waals surface area contributed by atoms with Gasteiger partial charge in [-0.2, -0.15) is 0 Å². The second kappa shape index (κ2) is 4.85. The summed E-state index contributed by atoms with van der Waals surface area (Å²) in [5.74, 6) is 0.761. The number of fused-ring (bicyclic) bond motifs is 1. The molecule has 0 spiro atoms. The Kier molecular flexibility index (Phi) is 3.05. The Morgan fingerprint density at radius 3 is 2.63 bits per heavy atom. The number of rotatable bonds is 1. The minimum atomic E-state index is -0.466. The highest BCUT2D eigenvalue weighted by Crippen LogP contribution is 2.36. The van der Waals surface area contributed by atoms with Gasteiger partial charge in [-0.05, 0) is 23.7 Å². The van der Waals surface area contributed by atoms with Crippen LogP contribution in [0.2, 0.25) is 0 Å². The van der Waals surface area contributed by atoms with Gasteiger partial charge in [0.25, 0.3) is 0 Å². The number of carbonyl (C=O) groups is 1. The second-order valence-corrected chi connectivity index (χ2v) is 4.43. The van der Waals surface area contributed by atoms with E-state index in [9.17, 15) is 4.79 Å². The van der Waals surface area contributed by atoms with E-state index in [1.165, 1.54) is 0 Å². The Bertz CT molecular complexity index is 605. The standard InChI is InChI=1S/C13H11ClN4O/c14-13(19)18-8-7-17(12-9-15-5-6-16-12)10-3-1-2-4-11(10)18/h1-6,9H,7-8H2. The number of para-hydroxylation sites is 2. The summed E-state index contributed by atoms with van der Waals surface area (Å²) in [6, 6.07) is 7.62. The van der Waals surface area contributed by atoms with Crippen LogP contribution in [0.3, 0.4) is 0 Å². The molecule has 0 unspecified atom stereocenters. The third kappa shape index (κ3) is 2.13. The second-order valence-electron chi connectivity index (χ2n) is 4.11. The molecule has 0 atom stereocenters. The van der Waals surface area contributed by atoms with Crippen molar-refractivity contribution in [3.05, 3.63) is 42.9 Å². The minimum absolute atomic E-state index is 0.466. The zero-order chi connectivity index (χ0) is 13.2. The van der Waals surface area contributed by atoms with Crippen LogP contribution < -0.4 is 9.80 Å². The Labute approximate surface area is 115 Å². The van der Waals surface area contributed by atoms with Gasteiger partial charge in [0.2, 0.25) is 0 Å². The van der Waals surface area contributed by atoms with Crippen molar-refractivity contribution in [1.82, 2.24) is 9.97 Å². The molecule has 1 aromatic carbocycles. The lowest BCUT2D eigenvalue weighted by Gasteiger charge is -2.35. The summed E-state index contributed by atoms with van der Waals surface area (Å²) >= 11 is 5.62. The molecular formula is C13H11ClN4O. The number of amides is 1. The SMILES string of the molecule is O=C(Cl)N1CCN(c2cnccn2)c2ccccc21. The van der Waals surface area contributed by atoms with Crippen molar-refractivity contribution in [2.75, 3.05) is 22.9 Å². The molecule has 6 heteroatoms. The Balaban J connectivity index is 2.07. The van der Waals surface area contributed by atoms with E-state index >= 15 is 0 Å². The van der Waals surface area contributed by atoms with Crippen LogP contribution in [0.15, 0.2) is 42.9 Å². The van der Waals surface area contributed by atoms with Gasteiger partial charge in [0, 0.05) is 25.5 Å². The predicted octanol–water partition coefficient (Wildman–Crippen LogP) is 2.79. The maximum Gasteiger partial charge on any atom is 0.320 e. The van der Waals surface area contributed by atoms with Crippen LogP contribution >= 0.6 is 11.6 Å². The van der Waals surface area contributed by atoms with E-state index < -0.39 is 5.37 Å². The van der Waals surface area contributed by atoms with Gasteiger partial charge in [0.15, 0.2) is 5.82 Å². The zero-order valence-electron chi connectivity index (χ0n) is 10.0. The quantitative estimate of drug-likeness (QED) is 0.593. The van der Waals surface area contributed by atoms with Crippen LogP contribution in [-0.2, 0) is 0 Å². The number of aromatic nitrogens is 2. The molecule has 1 aliphatic heterocycles. The maximum atomic E-state index is 11.4. The van der Waals surface area contributed by atoms with Crippen LogP contribution in [0, 0.1) is 0 Å². The van der Waals surface area contributed by atoms with Gasteiger partial charge in [-0.3, -0.25) is 14.7 Å². The smallest absolute Gasteiger partial charge is 0.320 e. The van der Waals surface area contributed by atoms with Crippen molar-refractivity contribution in [2.24, 2.45) is 0 Å². The minimum Gasteiger partial charge on any atom is -0.321 e. The molecule has 96 valence electrons. The lowest BCUT2D eigenvalue weighted by Crippen LogP contribution is -2.40. The molecule has 0 bridgehead atoms. The monoisotopic (exact) mass is 274 g/mol. The van der Waals surface area contributed by atoms with E-state index in [2.05, 4.69) is 9.97 Å². The number of hydrogen-bond acceptors (Lipinski definition) is 4. The van der Waals surface area contributed by atoms with Crippen LogP contribution in [0.1, 0.15) is 0 Å². The van der Waals surface area contributed by atoms with Gasteiger partial charge >= 0.3 is 5.37 Å². The first kappa shape index (κ1) is 11.9. The van der Waals surface area contributed by atoms with Crippen LogP contribution in [0.4, 0.5) is 22.0 Å². The zero-order valence-corrected chi connectivity index (χ0v) is 10.8. The fourth-order valence-corrected chi connectivity index (χ4v) is 2.39. The molecule has 1 aliphatic rings. The summed E-state index contributed by atoms with van der Waals surface area (Å²) in [4.78, 5) is 23.4. The summed E-state index contributed by atoms with van der Waals surface area (Å²) in [6.45, 7) is 1.16. The van der Waals surface area contributed by atoms with Crippen LogP contribution in [0.5, 0.6) is 0 Å². The predicted molar refractivity (Wildman–Crippen MR) is 74.1 cm³/mol. The maximum absolute atomic E-state index is 11.4. The van der Waals surface area contributed by atoms with E-state index in [1.54, 1.807) is 23.5 Å². The fraction of sp³-hybridized carbons (Fsp3) is 0.154. The molecule has 19 heavy (non-hydrogen) atoms. The Morgan fingerprint density at radius 1 is 1.16 bits per heavy atom. The van der Waals surface area contributed by atoms with Gasteiger partial charge in [0.1, 0.15) is 0 Å². The van der Waals surface area contributed by atoms with Crippen molar-refractivity contribution in [1.29, 1.82) is 0 Å². The van der Waals surface area contributed by atoms with Gasteiger partial charge in [-0.15, -0.1) is 0 Å². The average molecular weight is 275 g/mol. The fourth-order valence-electron chi connectivity index (χ4n) is 2.21. The van der Waals surface area contributed by atoms with Gasteiger partial charge in [0.05, 0.1) is 17.6 Å². The number of hydrogen-bond donors (Lipinski definition) is 0. The number of benzene rings is 1. The average Bonchev–Trinajstić information content (AvgIpc) is 2.47. The molecule has 2 aromatic rings. The lowest BCUT2D eigenvalue weighted by molar-refractivity contribution is 0.264. The first-order chi connectivity index (χ1) is 9.27. The largest absolute Gasteiger partial charge is 0.321 e. The molecule has 1 amide bonds. The molecule has 0 saturated carbocycles. The molecule has 0 fully saturated rings. The number of nitrogens with zero attached hydrogens (tertiary/aromatic N) is 4. The Morgan fingerprint density at radius 2 is 1.95 bits per heavy atom. The molecular weight excluding hydrogens is 264 g/mol. The molecule has 0 saturated heterocycles. The molecule has 5 nitrogen and oxygen atoms in total. The molecule has 0 aliphatic carbocycles. The van der Waals surface area contributed by atoms with Crippen LogP contribution in [-0.4, -0.2) is 28.4 Å². The van der Waals surface area contributed by atoms with Crippen molar-refractivity contribution in [3.63, 3.8) is 0 Å². The number of halogens is 1. The van der Waals surface area contributed by atoms with Crippen molar-refractivity contribution in [2.45, 2.75) is 0 Å². The van der Waals surface area contributed by atoms with Crippen molar-refractivity contribution >= 4 is 34.2 Å². The highest BCUT2D eigenvalue weighted by atomic mass is 35.5. The highest BCUT2D eigenvalue weighted by Gasteiger charge is 2.26. The third-order valence-electron chi connectivity index (χ3n) is 3.05. The third-order valence-corrected chi connectivity index (χ3v) is 3.25. The Hall–Kier alpha value is -2.14. The van der Waals surface area contributed by atoms with E-state index in [0.717, 1.165) is 17.2 Å². The summed E-state index contributed by atoms with van der Waals surface area (Å²) in [7, 11) is 0. The number of anilines is 3. The molecule has 2 heterocycles. The first-order valence-electron chi connectivity index (χ1n) is 5.87. The summed E-state index contributed by atoms with van der Waals surface area (Å²) in [5.41, 5.74) is 1.70. The molecule has 3 rings (SSSR count). The topological polar surface area (TPSA) is 49.3 Å². The van der Waals surface area contributed by atoms with E-state index in [1.807, 2.05) is 29.2 Å². The van der Waals surface area contributed by atoms with E-state index in [-0.39, 0.29) is 0 Å². The summed E-state index contributed by atoms with van der Waals surface area (Å²) in [6.07, 6.45) is 4.99. The van der Waals surface area contributed by atoms with Gasteiger partial charge < -0.3 is 4.90 Å². The van der Waals surface area contributed by atoms with Gasteiger partial charge in [-0.25, -0.2) is 4.98 Å². The van der Waals surface area contributed by atoms with Crippen molar-refractivity contribution < 1.29 is 4.79 Å². The number of carbonyl (C=O) groups excluding carboxylic acids is 1. The lowest BCUT2D eigenvalue weighted by atomic mass is 10.2. The van der Waals surface area contributed by atoms with Crippen LogP contribution in [0.25, 0.3) is 0 Å². The molecule has 0 radical (unpaired) electrons. The molecule has 1 aromatic heterocycles.